The first-order valence-corrected chi connectivity index (χ1v) is 6.98. The van der Waals surface area contributed by atoms with Crippen molar-refractivity contribution in [2.45, 2.75) is 13.0 Å². The lowest BCUT2D eigenvalue weighted by molar-refractivity contribution is 0.0649. The molecule has 1 unspecified atom stereocenters. The highest BCUT2D eigenvalue weighted by Crippen LogP contribution is 2.26. The Labute approximate surface area is 125 Å². The third-order valence-corrected chi connectivity index (χ3v) is 3.32. The van der Waals surface area contributed by atoms with Crippen LogP contribution in [-0.2, 0) is 4.74 Å². The van der Waals surface area contributed by atoms with E-state index in [0.717, 1.165) is 11.1 Å². The zero-order chi connectivity index (χ0) is 15.1. The SMILES string of the molecule is Cc1ccc(C(OCCN(C)N=O)c2ccccc2)cc1. The maximum Gasteiger partial charge on any atom is 0.108 e. The first-order chi connectivity index (χ1) is 10.2. The largest absolute Gasteiger partial charge is 0.367 e. The minimum absolute atomic E-state index is 0.133. The van der Waals surface area contributed by atoms with E-state index < -0.39 is 0 Å². The Balaban J connectivity index is 2.15. The molecule has 0 saturated carbocycles. The number of ether oxygens (including phenoxy) is 1. The highest BCUT2D eigenvalue weighted by Gasteiger charge is 2.14. The van der Waals surface area contributed by atoms with E-state index in [-0.39, 0.29) is 6.10 Å². The summed E-state index contributed by atoms with van der Waals surface area (Å²) in [5, 5.41) is 4.18. The number of likely N-dealkylation sites (N-methyl/N-ethyl adjacent to an activating group) is 1. The van der Waals surface area contributed by atoms with Gasteiger partial charge in [0.15, 0.2) is 0 Å². The molecule has 4 nitrogen and oxygen atoms in total. The fraction of sp³-hybridized carbons (Fsp3) is 0.294. The van der Waals surface area contributed by atoms with Crippen LogP contribution < -0.4 is 0 Å². The van der Waals surface area contributed by atoms with E-state index in [2.05, 4.69) is 36.5 Å². The molecule has 0 saturated heterocycles. The molecule has 2 rings (SSSR count). The van der Waals surface area contributed by atoms with Gasteiger partial charge in [-0.1, -0.05) is 60.2 Å². The van der Waals surface area contributed by atoms with E-state index in [1.165, 1.54) is 10.6 Å². The van der Waals surface area contributed by atoms with Gasteiger partial charge in [0.25, 0.3) is 0 Å². The lowest BCUT2D eigenvalue weighted by Crippen LogP contribution is -2.19. The Bertz CT molecular complexity index is 555. The van der Waals surface area contributed by atoms with Crippen LogP contribution in [0.1, 0.15) is 22.8 Å². The van der Waals surface area contributed by atoms with Crippen molar-refractivity contribution < 1.29 is 4.74 Å². The molecule has 4 heteroatoms. The van der Waals surface area contributed by atoms with Crippen molar-refractivity contribution in [3.05, 3.63) is 76.2 Å². The molecule has 2 aromatic rings. The monoisotopic (exact) mass is 284 g/mol. The molecule has 0 radical (unpaired) electrons. The number of nitroso groups, excluding NO2 is 1. The Morgan fingerprint density at radius 3 is 2.29 bits per heavy atom. The molecule has 110 valence electrons. The Kier molecular flexibility index (Phi) is 5.46. The van der Waals surface area contributed by atoms with Crippen molar-refractivity contribution in [1.29, 1.82) is 0 Å². The summed E-state index contributed by atoms with van der Waals surface area (Å²) in [5.74, 6) is 0. The van der Waals surface area contributed by atoms with Gasteiger partial charge in [-0.2, -0.15) is 0 Å². The Morgan fingerprint density at radius 1 is 1.05 bits per heavy atom. The van der Waals surface area contributed by atoms with Gasteiger partial charge in [-0.3, -0.25) is 5.01 Å². The highest BCUT2D eigenvalue weighted by molar-refractivity contribution is 5.31. The second-order valence-electron chi connectivity index (χ2n) is 5.04. The zero-order valence-electron chi connectivity index (χ0n) is 12.4. The predicted molar refractivity (Wildman–Crippen MR) is 83.8 cm³/mol. The number of nitrogens with zero attached hydrogens (tertiary/aromatic N) is 2. The first-order valence-electron chi connectivity index (χ1n) is 6.98. The molecule has 0 fully saturated rings. The third kappa shape index (κ3) is 4.39. The molecule has 0 aromatic heterocycles. The summed E-state index contributed by atoms with van der Waals surface area (Å²) in [7, 11) is 1.64. The van der Waals surface area contributed by atoms with Crippen LogP contribution in [-0.4, -0.2) is 25.2 Å². The van der Waals surface area contributed by atoms with Crippen LogP contribution in [0.5, 0.6) is 0 Å². The van der Waals surface area contributed by atoms with Crippen molar-refractivity contribution >= 4 is 0 Å². The number of aryl methyl sites for hydroxylation is 1. The molecule has 0 spiro atoms. The van der Waals surface area contributed by atoms with Crippen molar-refractivity contribution in [3.8, 4) is 0 Å². The minimum Gasteiger partial charge on any atom is -0.367 e. The maximum absolute atomic E-state index is 10.4. The van der Waals surface area contributed by atoms with Gasteiger partial charge in [-0.05, 0) is 18.1 Å². The molecule has 0 N–H and O–H groups in total. The van der Waals surface area contributed by atoms with Crippen LogP contribution >= 0.6 is 0 Å². The molecular formula is C17H20N2O2. The summed E-state index contributed by atoms with van der Waals surface area (Å²) >= 11 is 0. The summed E-state index contributed by atoms with van der Waals surface area (Å²) in [6, 6.07) is 18.4. The van der Waals surface area contributed by atoms with Gasteiger partial charge in [-0.15, -0.1) is 4.91 Å². The average Bonchev–Trinajstić information content (AvgIpc) is 2.53. The topological polar surface area (TPSA) is 41.9 Å². The lowest BCUT2D eigenvalue weighted by atomic mass is 10.0. The zero-order valence-corrected chi connectivity index (χ0v) is 12.4. The van der Waals surface area contributed by atoms with Gasteiger partial charge in [-0.25, -0.2) is 0 Å². The fourth-order valence-corrected chi connectivity index (χ4v) is 2.10. The predicted octanol–water partition coefficient (Wildman–Crippen LogP) is 3.71. The van der Waals surface area contributed by atoms with E-state index in [4.69, 9.17) is 4.74 Å². The van der Waals surface area contributed by atoms with E-state index in [9.17, 15) is 4.91 Å². The normalized spacial score (nSPS) is 11.9. The van der Waals surface area contributed by atoms with Crippen LogP contribution in [0, 0.1) is 11.8 Å². The quantitative estimate of drug-likeness (QED) is 0.575. The van der Waals surface area contributed by atoms with Gasteiger partial charge in [0.2, 0.25) is 0 Å². The van der Waals surface area contributed by atoms with E-state index in [0.29, 0.717) is 13.2 Å². The van der Waals surface area contributed by atoms with Crippen molar-refractivity contribution in [1.82, 2.24) is 5.01 Å². The molecule has 1 atom stereocenters. The smallest absolute Gasteiger partial charge is 0.108 e. The summed E-state index contributed by atoms with van der Waals surface area (Å²) < 4.78 is 5.99. The summed E-state index contributed by atoms with van der Waals surface area (Å²) in [6.45, 7) is 2.97. The Hall–Kier alpha value is -2.20. The van der Waals surface area contributed by atoms with Crippen LogP contribution in [0.2, 0.25) is 0 Å². The van der Waals surface area contributed by atoms with Gasteiger partial charge >= 0.3 is 0 Å². The third-order valence-electron chi connectivity index (χ3n) is 3.32. The maximum atomic E-state index is 10.4. The van der Waals surface area contributed by atoms with E-state index in [1.807, 2.05) is 30.3 Å². The second-order valence-corrected chi connectivity index (χ2v) is 5.04. The molecule has 0 heterocycles. The highest BCUT2D eigenvalue weighted by atomic mass is 16.5. The number of hydrogen-bond acceptors (Lipinski definition) is 3. The number of benzene rings is 2. The molecule has 0 aliphatic rings. The molecule has 0 bridgehead atoms. The van der Waals surface area contributed by atoms with Crippen LogP contribution in [0.4, 0.5) is 0 Å². The molecule has 0 aliphatic carbocycles. The molecular weight excluding hydrogens is 264 g/mol. The van der Waals surface area contributed by atoms with Crippen molar-refractivity contribution in [2.24, 2.45) is 5.29 Å². The Morgan fingerprint density at radius 2 is 1.67 bits per heavy atom. The summed E-state index contributed by atoms with van der Waals surface area (Å²) in [5.41, 5.74) is 3.42. The van der Waals surface area contributed by atoms with Crippen molar-refractivity contribution in [3.63, 3.8) is 0 Å². The van der Waals surface area contributed by atoms with Gasteiger partial charge in [0.1, 0.15) is 6.10 Å². The average molecular weight is 284 g/mol. The standard InChI is InChI=1S/C17H20N2O2/c1-14-8-10-16(11-9-14)17(15-6-4-3-5-7-15)21-13-12-19(2)18-20/h3-11,17H,12-13H2,1-2H3. The molecule has 2 aromatic carbocycles. The first kappa shape index (κ1) is 15.2. The van der Waals surface area contributed by atoms with Crippen LogP contribution in [0.3, 0.4) is 0 Å². The fourth-order valence-electron chi connectivity index (χ4n) is 2.10. The lowest BCUT2D eigenvalue weighted by Gasteiger charge is -2.20. The van der Waals surface area contributed by atoms with Crippen LogP contribution in [0.15, 0.2) is 59.9 Å². The van der Waals surface area contributed by atoms with E-state index >= 15 is 0 Å². The summed E-state index contributed by atoms with van der Waals surface area (Å²) in [6.07, 6.45) is -0.133. The minimum atomic E-state index is -0.133. The number of rotatable bonds is 7. The van der Waals surface area contributed by atoms with Gasteiger partial charge in [0.05, 0.1) is 18.4 Å². The van der Waals surface area contributed by atoms with E-state index in [1.54, 1.807) is 7.05 Å². The molecule has 0 aliphatic heterocycles. The molecule has 21 heavy (non-hydrogen) atoms. The summed E-state index contributed by atoms with van der Waals surface area (Å²) in [4.78, 5) is 10.4. The molecule has 0 amide bonds. The van der Waals surface area contributed by atoms with Crippen molar-refractivity contribution in [2.75, 3.05) is 20.2 Å². The van der Waals surface area contributed by atoms with Gasteiger partial charge in [0, 0.05) is 7.05 Å². The van der Waals surface area contributed by atoms with Gasteiger partial charge < -0.3 is 4.74 Å². The van der Waals surface area contributed by atoms with Crippen LogP contribution in [0.25, 0.3) is 0 Å². The second kappa shape index (κ2) is 7.55. The number of hydrogen-bond donors (Lipinski definition) is 0.